The normalized spacial score (nSPS) is 22.8. The highest BCUT2D eigenvalue weighted by molar-refractivity contribution is 7.99. The fourth-order valence-corrected chi connectivity index (χ4v) is 2.54. The molecule has 1 atom stereocenters. The molecule has 1 heterocycles. The molecule has 0 radical (unpaired) electrons. The van der Waals surface area contributed by atoms with Gasteiger partial charge in [0.2, 0.25) is 0 Å². The van der Waals surface area contributed by atoms with E-state index in [0.717, 1.165) is 25.8 Å². The summed E-state index contributed by atoms with van der Waals surface area (Å²) in [5.74, 6) is 3.26. The summed E-state index contributed by atoms with van der Waals surface area (Å²) in [6, 6.07) is 0.743. The first-order valence-corrected chi connectivity index (χ1v) is 6.33. The Morgan fingerprint density at radius 2 is 2.38 bits per heavy atom. The van der Waals surface area contributed by atoms with Crippen molar-refractivity contribution in [2.45, 2.75) is 26.3 Å². The van der Waals surface area contributed by atoms with Crippen molar-refractivity contribution in [2.75, 3.05) is 31.3 Å². The van der Waals surface area contributed by atoms with Crippen LogP contribution >= 0.6 is 11.8 Å². The zero-order valence-corrected chi connectivity index (χ0v) is 9.53. The summed E-state index contributed by atoms with van der Waals surface area (Å²) in [6.45, 7) is 7.13. The summed E-state index contributed by atoms with van der Waals surface area (Å²) in [4.78, 5) is 0. The largest absolute Gasteiger partial charge is 0.380 e. The van der Waals surface area contributed by atoms with E-state index in [2.05, 4.69) is 19.2 Å². The first kappa shape index (κ1) is 11.3. The minimum atomic E-state index is 0.655. The first-order chi connectivity index (χ1) is 6.29. The molecule has 0 aliphatic carbocycles. The second-order valence-electron chi connectivity index (χ2n) is 3.98. The van der Waals surface area contributed by atoms with E-state index in [0.29, 0.717) is 5.92 Å². The van der Waals surface area contributed by atoms with Crippen molar-refractivity contribution in [1.29, 1.82) is 0 Å². The molecule has 1 aliphatic rings. The van der Waals surface area contributed by atoms with E-state index in [1.165, 1.54) is 17.9 Å². The molecule has 2 nitrogen and oxygen atoms in total. The third kappa shape index (κ3) is 5.55. The molecule has 0 bridgehead atoms. The Bertz CT molecular complexity index is 124. The standard InChI is InChI=1S/C10H21NOS/c1-9(2)7-12-5-4-11-10-3-6-13-8-10/h9-11H,3-8H2,1-2H3. The molecular weight excluding hydrogens is 182 g/mol. The van der Waals surface area contributed by atoms with Crippen LogP contribution in [-0.4, -0.2) is 37.3 Å². The van der Waals surface area contributed by atoms with Gasteiger partial charge in [-0.3, -0.25) is 0 Å². The molecule has 13 heavy (non-hydrogen) atoms. The number of nitrogens with one attached hydrogen (secondary N) is 1. The average molecular weight is 203 g/mol. The molecule has 1 unspecified atom stereocenters. The Morgan fingerprint density at radius 3 is 3.00 bits per heavy atom. The Hall–Kier alpha value is 0.270. The summed E-state index contributed by atoms with van der Waals surface area (Å²) in [7, 11) is 0. The monoisotopic (exact) mass is 203 g/mol. The number of hydrogen-bond donors (Lipinski definition) is 1. The third-order valence-electron chi connectivity index (χ3n) is 2.06. The number of ether oxygens (including phenoxy) is 1. The van der Waals surface area contributed by atoms with E-state index < -0.39 is 0 Å². The van der Waals surface area contributed by atoms with Crippen LogP contribution in [0, 0.1) is 5.92 Å². The smallest absolute Gasteiger partial charge is 0.0591 e. The van der Waals surface area contributed by atoms with Crippen LogP contribution in [-0.2, 0) is 4.74 Å². The molecular formula is C10H21NOS. The van der Waals surface area contributed by atoms with Crippen molar-refractivity contribution in [3.05, 3.63) is 0 Å². The fourth-order valence-electron chi connectivity index (χ4n) is 1.35. The summed E-state index contributed by atoms with van der Waals surface area (Å²) >= 11 is 2.05. The van der Waals surface area contributed by atoms with Crippen LogP contribution in [0.15, 0.2) is 0 Å². The predicted molar refractivity (Wildman–Crippen MR) is 59.4 cm³/mol. The van der Waals surface area contributed by atoms with Gasteiger partial charge in [-0.25, -0.2) is 0 Å². The van der Waals surface area contributed by atoms with Gasteiger partial charge in [-0.15, -0.1) is 0 Å². The maximum absolute atomic E-state index is 5.49. The van der Waals surface area contributed by atoms with Gasteiger partial charge in [0.25, 0.3) is 0 Å². The minimum absolute atomic E-state index is 0.655. The highest BCUT2D eigenvalue weighted by atomic mass is 32.2. The van der Waals surface area contributed by atoms with Gasteiger partial charge in [0.1, 0.15) is 0 Å². The maximum atomic E-state index is 5.49. The zero-order chi connectivity index (χ0) is 9.52. The zero-order valence-electron chi connectivity index (χ0n) is 8.71. The van der Waals surface area contributed by atoms with Gasteiger partial charge in [0.15, 0.2) is 0 Å². The van der Waals surface area contributed by atoms with Crippen molar-refractivity contribution in [2.24, 2.45) is 5.92 Å². The topological polar surface area (TPSA) is 21.3 Å². The van der Waals surface area contributed by atoms with Gasteiger partial charge in [-0.1, -0.05) is 13.8 Å². The van der Waals surface area contributed by atoms with Crippen molar-refractivity contribution < 1.29 is 4.74 Å². The number of rotatable bonds is 6. The highest BCUT2D eigenvalue weighted by Gasteiger charge is 2.13. The number of hydrogen-bond acceptors (Lipinski definition) is 3. The van der Waals surface area contributed by atoms with Crippen molar-refractivity contribution in [1.82, 2.24) is 5.32 Å². The molecule has 1 saturated heterocycles. The second kappa shape index (κ2) is 6.68. The van der Waals surface area contributed by atoms with E-state index in [9.17, 15) is 0 Å². The van der Waals surface area contributed by atoms with Crippen LogP contribution in [0.5, 0.6) is 0 Å². The van der Waals surface area contributed by atoms with Crippen LogP contribution in [0.25, 0.3) is 0 Å². The molecule has 0 aromatic heterocycles. The molecule has 0 spiro atoms. The van der Waals surface area contributed by atoms with E-state index in [4.69, 9.17) is 4.74 Å². The third-order valence-corrected chi connectivity index (χ3v) is 3.22. The van der Waals surface area contributed by atoms with Crippen LogP contribution in [0.3, 0.4) is 0 Å². The lowest BCUT2D eigenvalue weighted by Gasteiger charge is -2.11. The van der Waals surface area contributed by atoms with Gasteiger partial charge in [-0.05, 0) is 18.1 Å². The van der Waals surface area contributed by atoms with Gasteiger partial charge in [0.05, 0.1) is 6.61 Å². The quantitative estimate of drug-likeness (QED) is 0.665. The first-order valence-electron chi connectivity index (χ1n) is 5.18. The summed E-state index contributed by atoms with van der Waals surface area (Å²) < 4.78 is 5.49. The van der Waals surface area contributed by atoms with Gasteiger partial charge >= 0.3 is 0 Å². The molecule has 78 valence electrons. The van der Waals surface area contributed by atoms with E-state index >= 15 is 0 Å². The minimum Gasteiger partial charge on any atom is -0.380 e. The van der Waals surface area contributed by atoms with Gasteiger partial charge in [0, 0.05) is 24.9 Å². The van der Waals surface area contributed by atoms with Gasteiger partial charge in [-0.2, -0.15) is 11.8 Å². The van der Waals surface area contributed by atoms with Crippen LogP contribution in [0.2, 0.25) is 0 Å². The molecule has 1 N–H and O–H groups in total. The Labute approximate surface area is 85.8 Å². The van der Waals surface area contributed by atoms with E-state index in [1.54, 1.807) is 0 Å². The van der Waals surface area contributed by atoms with Crippen LogP contribution < -0.4 is 5.32 Å². The highest BCUT2D eigenvalue weighted by Crippen LogP contribution is 2.16. The Balaban J connectivity index is 1.83. The second-order valence-corrected chi connectivity index (χ2v) is 5.13. The maximum Gasteiger partial charge on any atom is 0.0591 e. The van der Waals surface area contributed by atoms with E-state index in [1.807, 2.05) is 11.8 Å². The van der Waals surface area contributed by atoms with E-state index in [-0.39, 0.29) is 0 Å². The summed E-state index contributed by atoms with van der Waals surface area (Å²) in [5, 5.41) is 3.51. The van der Waals surface area contributed by atoms with Crippen molar-refractivity contribution in [3.63, 3.8) is 0 Å². The molecule has 1 aliphatic heterocycles. The average Bonchev–Trinajstić information content (AvgIpc) is 2.55. The van der Waals surface area contributed by atoms with Gasteiger partial charge < -0.3 is 10.1 Å². The molecule has 0 saturated carbocycles. The molecule has 0 aromatic rings. The molecule has 1 fully saturated rings. The number of thioether (sulfide) groups is 1. The Morgan fingerprint density at radius 1 is 1.54 bits per heavy atom. The van der Waals surface area contributed by atoms with Crippen molar-refractivity contribution in [3.8, 4) is 0 Å². The van der Waals surface area contributed by atoms with Crippen LogP contribution in [0.1, 0.15) is 20.3 Å². The summed E-state index contributed by atoms with van der Waals surface area (Å²) in [5.41, 5.74) is 0. The predicted octanol–water partition coefficient (Wildman–Crippen LogP) is 1.75. The lowest BCUT2D eigenvalue weighted by atomic mass is 10.2. The lowest BCUT2D eigenvalue weighted by Crippen LogP contribution is -2.31. The summed E-state index contributed by atoms with van der Waals surface area (Å²) in [6.07, 6.45) is 1.33. The molecule has 3 heteroatoms. The Kier molecular flexibility index (Phi) is 5.83. The molecule has 1 rings (SSSR count). The van der Waals surface area contributed by atoms with Crippen LogP contribution in [0.4, 0.5) is 0 Å². The SMILES string of the molecule is CC(C)COCCNC1CCSC1. The van der Waals surface area contributed by atoms with Crippen molar-refractivity contribution >= 4 is 11.8 Å². The lowest BCUT2D eigenvalue weighted by molar-refractivity contribution is 0.110. The fraction of sp³-hybridized carbons (Fsp3) is 1.00. The molecule has 0 amide bonds. The molecule has 0 aromatic carbocycles.